The lowest BCUT2D eigenvalue weighted by molar-refractivity contribution is -0.123. The Bertz CT molecular complexity index is 584. The van der Waals surface area contributed by atoms with Crippen LogP contribution in [0.3, 0.4) is 0 Å². The van der Waals surface area contributed by atoms with Gasteiger partial charge in [-0.15, -0.1) is 0 Å². The van der Waals surface area contributed by atoms with E-state index in [1.165, 1.54) is 0 Å². The van der Waals surface area contributed by atoms with Gasteiger partial charge >= 0.3 is 0 Å². The summed E-state index contributed by atoms with van der Waals surface area (Å²) in [6, 6.07) is 6.12. The SMILES string of the molecule is Cc1ccc(C)c(C2(C)N=C(NC(C)(C)C)NC2=O)c1. The van der Waals surface area contributed by atoms with Gasteiger partial charge in [0.25, 0.3) is 5.91 Å². The Morgan fingerprint density at radius 1 is 1.25 bits per heavy atom. The Balaban J connectivity index is 2.43. The molecule has 2 rings (SSSR count). The molecule has 0 radical (unpaired) electrons. The molecule has 0 bridgehead atoms. The molecule has 1 aromatic rings. The minimum Gasteiger partial charge on any atom is -0.351 e. The molecule has 1 aliphatic rings. The lowest BCUT2D eigenvalue weighted by atomic mass is 9.88. The monoisotopic (exact) mass is 273 g/mol. The number of rotatable bonds is 1. The number of nitrogens with one attached hydrogen (secondary N) is 2. The maximum atomic E-state index is 12.4. The molecule has 108 valence electrons. The fourth-order valence-electron chi connectivity index (χ4n) is 2.39. The molecule has 2 N–H and O–H groups in total. The van der Waals surface area contributed by atoms with E-state index in [1.807, 2.05) is 59.7 Å². The van der Waals surface area contributed by atoms with Gasteiger partial charge in [0, 0.05) is 5.54 Å². The summed E-state index contributed by atoms with van der Waals surface area (Å²) in [6.45, 7) is 12.0. The number of amides is 1. The zero-order chi connectivity index (χ0) is 15.1. The first kappa shape index (κ1) is 14.6. The number of hydrogen-bond donors (Lipinski definition) is 2. The van der Waals surface area contributed by atoms with E-state index >= 15 is 0 Å². The average Bonchev–Trinajstić information content (AvgIpc) is 2.56. The molecule has 0 saturated carbocycles. The summed E-state index contributed by atoms with van der Waals surface area (Å²) in [7, 11) is 0. The molecule has 1 heterocycles. The normalized spacial score (nSPS) is 22.5. The van der Waals surface area contributed by atoms with E-state index in [2.05, 4.69) is 15.6 Å². The molecular weight excluding hydrogens is 250 g/mol. The number of carbonyl (C=O) groups is 1. The number of benzene rings is 1. The molecule has 1 aromatic carbocycles. The predicted octanol–water partition coefficient (Wildman–Crippen LogP) is 2.39. The summed E-state index contributed by atoms with van der Waals surface area (Å²) in [5.41, 5.74) is 2.17. The summed E-state index contributed by atoms with van der Waals surface area (Å²) < 4.78 is 0. The van der Waals surface area contributed by atoms with Crippen molar-refractivity contribution < 1.29 is 4.79 Å². The van der Waals surface area contributed by atoms with Crippen molar-refractivity contribution >= 4 is 11.9 Å². The minimum atomic E-state index is -0.857. The van der Waals surface area contributed by atoms with E-state index in [-0.39, 0.29) is 11.4 Å². The lowest BCUT2D eigenvalue weighted by Crippen LogP contribution is -2.47. The predicted molar refractivity (Wildman–Crippen MR) is 81.7 cm³/mol. The van der Waals surface area contributed by atoms with Crippen LogP contribution >= 0.6 is 0 Å². The van der Waals surface area contributed by atoms with Gasteiger partial charge < -0.3 is 5.32 Å². The Kier molecular flexibility index (Phi) is 3.36. The van der Waals surface area contributed by atoms with Crippen LogP contribution in [0.4, 0.5) is 0 Å². The van der Waals surface area contributed by atoms with Crippen LogP contribution in [0.15, 0.2) is 23.2 Å². The lowest BCUT2D eigenvalue weighted by Gasteiger charge is -2.21. The van der Waals surface area contributed by atoms with Crippen molar-refractivity contribution in [1.29, 1.82) is 0 Å². The number of guanidine groups is 1. The van der Waals surface area contributed by atoms with Gasteiger partial charge in [0.2, 0.25) is 0 Å². The van der Waals surface area contributed by atoms with Gasteiger partial charge in [0.1, 0.15) is 0 Å². The number of aliphatic imine (C=N–C) groups is 1. The molecule has 4 nitrogen and oxygen atoms in total. The van der Waals surface area contributed by atoms with Crippen molar-refractivity contribution in [2.45, 2.75) is 52.6 Å². The van der Waals surface area contributed by atoms with Crippen molar-refractivity contribution in [1.82, 2.24) is 10.6 Å². The Morgan fingerprint density at radius 3 is 2.50 bits per heavy atom. The third-order valence-electron chi connectivity index (χ3n) is 3.42. The van der Waals surface area contributed by atoms with Crippen LogP contribution in [0.25, 0.3) is 0 Å². The van der Waals surface area contributed by atoms with E-state index < -0.39 is 5.54 Å². The van der Waals surface area contributed by atoms with Crippen LogP contribution in [-0.2, 0) is 10.3 Å². The zero-order valence-corrected chi connectivity index (χ0v) is 13.1. The van der Waals surface area contributed by atoms with Crippen LogP contribution in [0, 0.1) is 13.8 Å². The first-order chi connectivity index (χ1) is 9.12. The molecule has 4 heteroatoms. The largest absolute Gasteiger partial charge is 0.351 e. The van der Waals surface area contributed by atoms with Gasteiger partial charge in [-0.05, 0) is 52.7 Å². The van der Waals surface area contributed by atoms with Gasteiger partial charge in [-0.2, -0.15) is 0 Å². The molecule has 0 saturated heterocycles. The van der Waals surface area contributed by atoms with Crippen LogP contribution in [-0.4, -0.2) is 17.4 Å². The second-order valence-corrected chi connectivity index (χ2v) is 6.68. The van der Waals surface area contributed by atoms with E-state index in [4.69, 9.17) is 0 Å². The van der Waals surface area contributed by atoms with Gasteiger partial charge in [0.05, 0.1) is 0 Å². The second kappa shape index (κ2) is 4.62. The van der Waals surface area contributed by atoms with Crippen molar-refractivity contribution in [2.24, 2.45) is 4.99 Å². The van der Waals surface area contributed by atoms with Crippen molar-refractivity contribution in [3.05, 3.63) is 34.9 Å². The van der Waals surface area contributed by atoms with Gasteiger partial charge in [-0.1, -0.05) is 23.8 Å². The fraction of sp³-hybridized carbons (Fsp3) is 0.500. The van der Waals surface area contributed by atoms with E-state index in [9.17, 15) is 4.79 Å². The third kappa shape index (κ3) is 2.69. The topological polar surface area (TPSA) is 53.5 Å². The molecule has 0 aliphatic carbocycles. The van der Waals surface area contributed by atoms with Gasteiger partial charge in [-0.3, -0.25) is 10.1 Å². The Morgan fingerprint density at radius 2 is 1.90 bits per heavy atom. The van der Waals surface area contributed by atoms with Gasteiger partial charge in [-0.25, -0.2) is 4.99 Å². The van der Waals surface area contributed by atoms with E-state index in [0.29, 0.717) is 5.96 Å². The third-order valence-corrected chi connectivity index (χ3v) is 3.42. The highest BCUT2D eigenvalue weighted by Gasteiger charge is 2.42. The molecule has 1 unspecified atom stereocenters. The maximum absolute atomic E-state index is 12.4. The Labute approximate surface area is 120 Å². The maximum Gasteiger partial charge on any atom is 0.259 e. The summed E-state index contributed by atoms with van der Waals surface area (Å²) in [5.74, 6) is 0.462. The molecule has 1 atom stereocenters. The first-order valence-corrected chi connectivity index (χ1v) is 6.89. The molecule has 1 aliphatic heterocycles. The standard InChI is InChI=1S/C16H23N3O/c1-10-7-8-11(2)12(9-10)16(6)13(20)17-14(19-16)18-15(3,4)5/h7-9H,1-6H3,(H2,17,18,19,20). The van der Waals surface area contributed by atoms with Crippen molar-refractivity contribution in [3.8, 4) is 0 Å². The Hall–Kier alpha value is -1.84. The van der Waals surface area contributed by atoms with Gasteiger partial charge in [0.15, 0.2) is 11.5 Å². The molecule has 1 amide bonds. The van der Waals surface area contributed by atoms with E-state index in [0.717, 1.165) is 16.7 Å². The number of carbonyl (C=O) groups excluding carboxylic acids is 1. The van der Waals surface area contributed by atoms with E-state index in [1.54, 1.807) is 0 Å². The molecular formula is C16H23N3O. The highest BCUT2D eigenvalue weighted by molar-refractivity contribution is 6.07. The zero-order valence-electron chi connectivity index (χ0n) is 13.1. The smallest absolute Gasteiger partial charge is 0.259 e. The quantitative estimate of drug-likeness (QED) is 0.825. The number of hydrogen-bond acceptors (Lipinski definition) is 3. The van der Waals surface area contributed by atoms with Crippen molar-refractivity contribution in [3.63, 3.8) is 0 Å². The summed E-state index contributed by atoms with van der Waals surface area (Å²) >= 11 is 0. The number of nitrogens with zero attached hydrogens (tertiary/aromatic N) is 1. The molecule has 0 aromatic heterocycles. The molecule has 20 heavy (non-hydrogen) atoms. The van der Waals surface area contributed by atoms with Crippen LogP contribution in [0.2, 0.25) is 0 Å². The number of aryl methyl sites for hydroxylation is 2. The second-order valence-electron chi connectivity index (χ2n) is 6.68. The molecule has 0 spiro atoms. The van der Waals surface area contributed by atoms with Crippen LogP contribution in [0.5, 0.6) is 0 Å². The summed E-state index contributed by atoms with van der Waals surface area (Å²) in [5, 5.41) is 6.07. The van der Waals surface area contributed by atoms with Crippen LogP contribution in [0.1, 0.15) is 44.4 Å². The first-order valence-electron chi connectivity index (χ1n) is 6.89. The minimum absolute atomic E-state index is 0.0852. The average molecular weight is 273 g/mol. The highest BCUT2D eigenvalue weighted by Crippen LogP contribution is 2.32. The van der Waals surface area contributed by atoms with Crippen LogP contribution < -0.4 is 10.6 Å². The van der Waals surface area contributed by atoms with Crippen molar-refractivity contribution in [2.75, 3.05) is 0 Å². The summed E-state index contributed by atoms with van der Waals surface area (Å²) in [6.07, 6.45) is 0. The summed E-state index contributed by atoms with van der Waals surface area (Å²) in [4.78, 5) is 17.0. The fourth-order valence-corrected chi connectivity index (χ4v) is 2.39. The molecule has 0 fully saturated rings. The highest BCUT2D eigenvalue weighted by atomic mass is 16.2.